The maximum atomic E-state index is 14.1. The molecule has 1 N–H and O–H groups in total. The molecule has 0 atom stereocenters. The molecule has 1 saturated carbocycles. The minimum atomic E-state index is -0.688. The minimum Gasteiger partial charge on any atom is -0.393 e. The van der Waals surface area contributed by atoms with Gasteiger partial charge in [-0.1, -0.05) is 11.6 Å². The van der Waals surface area contributed by atoms with Gasteiger partial charge < -0.3 is 10.0 Å². The van der Waals surface area contributed by atoms with Crippen LogP contribution in [0.4, 0.5) is 10.2 Å². The Morgan fingerprint density at radius 2 is 2.09 bits per heavy atom. The summed E-state index contributed by atoms with van der Waals surface area (Å²) in [6.45, 7) is 0.749. The summed E-state index contributed by atoms with van der Waals surface area (Å²) in [5.74, 6) is 0.449. The lowest BCUT2D eigenvalue weighted by atomic mass is 9.79. The van der Waals surface area contributed by atoms with Gasteiger partial charge in [0.1, 0.15) is 11.3 Å². The molecule has 5 nitrogen and oxygen atoms in total. The van der Waals surface area contributed by atoms with Crippen LogP contribution in [0.3, 0.4) is 0 Å². The van der Waals surface area contributed by atoms with Crippen molar-refractivity contribution in [2.75, 3.05) is 18.5 Å². The first-order chi connectivity index (χ1) is 11.0. The van der Waals surface area contributed by atoms with Gasteiger partial charge in [0, 0.05) is 19.8 Å². The van der Waals surface area contributed by atoms with Gasteiger partial charge in [-0.25, -0.2) is 14.4 Å². The summed E-state index contributed by atoms with van der Waals surface area (Å²) in [6.07, 6.45) is 5.13. The maximum absolute atomic E-state index is 14.1. The molecule has 3 rings (SSSR count). The Hall–Kier alpha value is -1.24. The van der Waals surface area contributed by atoms with Crippen molar-refractivity contribution in [3.63, 3.8) is 0 Å². The molecule has 23 heavy (non-hydrogen) atoms. The number of rotatable bonds is 5. The summed E-state index contributed by atoms with van der Waals surface area (Å²) >= 11 is 11.6. The predicted octanol–water partition coefficient (Wildman–Crippen LogP) is 3.46. The summed E-state index contributed by atoms with van der Waals surface area (Å²) in [7, 11) is 1.88. The Kier molecular flexibility index (Phi) is 4.85. The number of pyridine rings is 1. The highest BCUT2D eigenvalue weighted by Crippen LogP contribution is 2.32. The SMILES string of the molecule is CN(CCCC1CC(O)C1)c1nc(Cl)nc2c(F)c(Cl)ncc12. The first kappa shape index (κ1) is 16.6. The minimum absolute atomic E-state index is 0.0253. The fourth-order valence-electron chi connectivity index (χ4n) is 2.94. The van der Waals surface area contributed by atoms with Crippen LogP contribution < -0.4 is 4.90 Å². The number of halogens is 3. The highest BCUT2D eigenvalue weighted by molar-refractivity contribution is 6.30. The molecule has 2 aromatic heterocycles. The maximum Gasteiger partial charge on any atom is 0.225 e. The average molecular weight is 359 g/mol. The van der Waals surface area contributed by atoms with E-state index in [-0.39, 0.29) is 22.1 Å². The molecule has 124 valence electrons. The molecule has 1 aliphatic carbocycles. The van der Waals surface area contributed by atoms with E-state index in [1.807, 2.05) is 11.9 Å². The number of nitrogens with zero attached hydrogens (tertiary/aromatic N) is 4. The molecule has 0 unspecified atom stereocenters. The molecule has 2 heterocycles. The van der Waals surface area contributed by atoms with Crippen LogP contribution >= 0.6 is 23.2 Å². The summed E-state index contributed by atoms with van der Waals surface area (Å²) in [5, 5.41) is 9.53. The van der Waals surface area contributed by atoms with E-state index in [0.29, 0.717) is 17.1 Å². The Morgan fingerprint density at radius 3 is 2.78 bits per heavy atom. The van der Waals surface area contributed by atoms with Gasteiger partial charge in [0.15, 0.2) is 11.0 Å². The largest absolute Gasteiger partial charge is 0.393 e. The zero-order valence-corrected chi connectivity index (χ0v) is 14.1. The number of aromatic nitrogens is 3. The fourth-order valence-corrected chi connectivity index (χ4v) is 3.25. The monoisotopic (exact) mass is 358 g/mol. The molecule has 2 aromatic rings. The van der Waals surface area contributed by atoms with Crippen LogP contribution in [0.1, 0.15) is 25.7 Å². The van der Waals surface area contributed by atoms with Crippen molar-refractivity contribution in [3.05, 3.63) is 22.5 Å². The quantitative estimate of drug-likeness (QED) is 0.654. The van der Waals surface area contributed by atoms with Gasteiger partial charge in [-0.3, -0.25) is 0 Å². The summed E-state index contributed by atoms with van der Waals surface area (Å²) in [6, 6.07) is 0. The third kappa shape index (κ3) is 3.49. The standard InChI is InChI=1S/C15H17Cl2FN4O/c1-22(4-2-3-8-5-9(23)6-8)14-10-7-19-13(16)11(18)12(10)20-15(17)21-14/h7-9,23H,2-6H2,1H3. The van der Waals surface area contributed by atoms with Gasteiger partial charge in [0.25, 0.3) is 0 Å². The topological polar surface area (TPSA) is 62.1 Å². The van der Waals surface area contributed by atoms with Crippen molar-refractivity contribution < 1.29 is 9.50 Å². The van der Waals surface area contributed by atoms with Crippen molar-refractivity contribution >= 4 is 39.9 Å². The van der Waals surface area contributed by atoms with Gasteiger partial charge >= 0.3 is 0 Å². The Morgan fingerprint density at radius 1 is 1.35 bits per heavy atom. The average Bonchev–Trinajstić information content (AvgIpc) is 2.48. The van der Waals surface area contributed by atoms with E-state index in [1.165, 1.54) is 6.20 Å². The second-order valence-electron chi connectivity index (χ2n) is 6.00. The molecular weight excluding hydrogens is 342 g/mol. The normalized spacial score (nSPS) is 20.6. The second kappa shape index (κ2) is 6.71. The highest BCUT2D eigenvalue weighted by Gasteiger charge is 2.26. The van der Waals surface area contributed by atoms with E-state index in [4.69, 9.17) is 23.2 Å². The third-order valence-electron chi connectivity index (χ3n) is 4.27. The number of aliphatic hydroxyl groups is 1. The van der Waals surface area contributed by atoms with Crippen molar-refractivity contribution in [2.45, 2.75) is 31.8 Å². The lowest BCUT2D eigenvalue weighted by Crippen LogP contribution is -2.29. The Labute approximate surface area is 143 Å². The molecule has 0 aromatic carbocycles. The zero-order valence-electron chi connectivity index (χ0n) is 12.6. The number of anilines is 1. The van der Waals surface area contributed by atoms with Gasteiger partial charge in [-0.05, 0) is 43.2 Å². The third-order valence-corrected chi connectivity index (χ3v) is 4.71. The van der Waals surface area contributed by atoms with Crippen LogP contribution in [0.2, 0.25) is 10.4 Å². The van der Waals surface area contributed by atoms with E-state index in [1.54, 1.807) is 0 Å². The van der Waals surface area contributed by atoms with Crippen molar-refractivity contribution in [2.24, 2.45) is 5.92 Å². The van der Waals surface area contributed by atoms with Crippen molar-refractivity contribution in [1.29, 1.82) is 0 Å². The smallest absolute Gasteiger partial charge is 0.225 e. The van der Waals surface area contributed by atoms with Crippen LogP contribution in [0.25, 0.3) is 10.9 Å². The molecule has 0 amide bonds. The van der Waals surface area contributed by atoms with E-state index < -0.39 is 5.82 Å². The number of hydrogen-bond acceptors (Lipinski definition) is 5. The molecule has 8 heteroatoms. The lowest BCUT2D eigenvalue weighted by Gasteiger charge is -2.31. The second-order valence-corrected chi connectivity index (χ2v) is 6.69. The predicted molar refractivity (Wildman–Crippen MR) is 88.5 cm³/mol. The Bertz CT molecular complexity index is 724. The van der Waals surface area contributed by atoms with Crippen LogP contribution in [0.5, 0.6) is 0 Å². The molecule has 0 spiro atoms. The molecule has 1 aliphatic rings. The van der Waals surface area contributed by atoms with Crippen LogP contribution in [-0.4, -0.2) is 39.8 Å². The fraction of sp³-hybridized carbons (Fsp3) is 0.533. The van der Waals surface area contributed by atoms with Gasteiger partial charge in [0.05, 0.1) is 11.5 Å². The zero-order chi connectivity index (χ0) is 16.6. The summed E-state index contributed by atoms with van der Waals surface area (Å²) in [4.78, 5) is 13.9. The first-order valence-electron chi connectivity index (χ1n) is 7.52. The lowest BCUT2D eigenvalue weighted by molar-refractivity contribution is 0.0386. The van der Waals surface area contributed by atoms with Gasteiger partial charge in [-0.2, -0.15) is 4.98 Å². The van der Waals surface area contributed by atoms with E-state index >= 15 is 0 Å². The highest BCUT2D eigenvalue weighted by atomic mass is 35.5. The Balaban J connectivity index is 1.77. The summed E-state index contributed by atoms with van der Waals surface area (Å²) < 4.78 is 14.1. The van der Waals surface area contributed by atoms with Crippen LogP contribution in [-0.2, 0) is 0 Å². The van der Waals surface area contributed by atoms with E-state index in [2.05, 4.69) is 15.0 Å². The van der Waals surface area contributed by atoms with Crippen LogP contribution in [0, 0.1) is 11.7 Å². The molecule has 1 fully saturated rings. The van der Waals surface area contributed by atoms with Gasteiger partial charge in [0.2, 0.25) is 5.28 Å². The molecule has 0 aliphatic heterocycles. The van der Waals surface area contributed by atoms with E-state index in [9.17, 15) is 9.50 Å². The number of fused-ring (bicyclic) bond motifs is 1. The van der Waals surface area contributed by atoms with Crippen molar-refractivity contribution in [3.8, 4) is 0 Å². The first-order valence-corrected chi connectivity index (χ1v) is 8.27. The molecule has 0 bridgehead atoms. The van der Waals surface area contributed by atoms with Crippen LogP contribution in [0.15, 0.2) is 6.20 Å². The number of hydrogen-bond donors (Lipinski definition) is 1. The molecule has 0 radical (unpaired) electrons. The van der Waals surface area contributed by atoms with E-state index in [0.717, 1.165) is 32.2 Å². The number of aliphatic hydroxyl groups excluding tert-OH is 1. The van der Waals surface area contributed by atoms with Gasteiger partial charge in [-0.15, -0.1) is 0 Å². The molecular formula is C15H17Cl2FN4O. The molecule has 0 saturated heterocycles. The van der Waals surface area contributed by atoms with Crippen molar-refractivity contribution in [1.82, 2.24) is 15.0 Å². The summed E-state index contributed by atoms with van der Waals surface area (Å²) in [5.41, 5.74) is 0.0777.